The largest absolute Gasteiger partial charge is 0.463 e. The molecular weight excluding hydrogens is 638 g/mol. The van der Waals surface area contributed by atoms with Crippen molar-refractivity contribution in [3.05, 3.63) is 0 Å². The molecule has 0 unspecified atom stereocenters. The van der Waals surface area contributed by atoms with E-state index >= 15 is 0 Å². The normalized spacial score (nSPS) is 39.0. The van der Waals surface area contributed by atoms with Crippen molar-refractivity contribution in [2.24, 2.45) is 29.1 Å². The number of aliphatic hydroxyl groups excluding tert-OH is 2. The highest BCUT2D eigenvalue weighted by atomic mass is 16.7. The Kier molecular flexibility index (Phi) is 14.8. The second-order valence-electron chi connectivity index (χ2n) is 17.5. The second-order valence-corrected chi connectivity index (χ2v) is 17.5. The van der Waals surface area contributed by atoms with E-state index in [-0.39, 0.29) is 36.4 Å². The first kappa shape index (κ1) is 41.6. The number of likely N-dealkylation sites (N-methyl/N-ethyl adjacent to an activating group) is 2. The fourth-order valence-corrected chi connectivity index (χ4v) is 9.45. The molecule has 3 aliphatic heterocycles. The minimum absolute atomic E-state index is 0.00396. The van der Waals surface area contributed by atoms with Gasteiger partial charge in [-0.2, -0.15) is 0 Å². The number of ether oxygens (including phenoxy) is 4. The number of ketones is 1. The van der Waals surface area contributed by atoms with Gasteiger partial charge in [-0.15, -0.1) is 0 Å². The number of esters is 1. The fourth-order valence-electron chi connectivity index (χ4n) is 9.45. The van der Waals surface area contributed by atoms with Crippen LogP contribution in [0.25, 0.3) is 0 Å². The van der Waals surface area contributed by atoms with Crippen LogP contribution < -0.4 is 0 Å². The third-order valence-electron chi connectivity index (χ3n) is 12.7. The lowest BCUT2D eigenvalue weighted by atomic mass is 9.74. The molecule has 3 saturated heterocycles. The smallest absolute Gasteiger partial charge is 0.319 e. The van der Waals surface area contributed by atoms with Crippen molar-refractivity contribution in [1.82, 2.24) is 14.7 Å². The van der Waals surface area contributed by atoms with E-state index in [9.17, 15) is 19.8 Å². The summed E-state index contributed by atoms with van der Waals surface area (Å²) in [5, 5.41) is 23.3. The highest BCUT2D eigenvalue weighted by Gasteiger charge is 2.52. The van der Waals surface area contributed by atoms with Crippen molar-refractivity contribution in [3.63, 3.8) is 0 Å². The molecule has 1 aliphatic carbocycles. The SMILES string of the molecule is CO[C@]1(C)C[C@@H](C)CN(C)[C@@H]([C@H](O)C2CCN(CC3CCCCC3)CC2)COC(=O)C(C)(C)C(=O)[C@H](C)[C@H]1O[C@@H]1O[C@H](C)C[C@H](N(C)C)[C@H]1O. The first-order valence-corrected chi connectivity index (χ1v) is 19.5. The van der Waals surface area contributed by atoms with Crippen molar-refractivity contribution in [1.29, 1.82) is 0 Å². The van der Waals surface area contributed by atoms with E-state index in [4.69, 9.17) is 18.9 Å². The first-order valence-electron chi connectivity index (χ1n) is 19.5. The van der Waals surface area contributed by atoms with E-state index in [0.29, 0.717) is 19.4 Å². The van der Waals surface area contributed by atoms with E-state index < -0.39 is 53.5 Å². The van der Waals surface area contributed by atoms with Gasteiger partial charge in [-0.25, -0.2) is 0 Å². The molecule has 4 rings (SSSR count). The number of carbonyl (C=O) groups excluding carboxylic acids is 2. The molecular formula is C39H71N3O8. The Balaban J connectivity index is 1.55. The average Bonchev–Trinajstić information content (AvgIpc) is 3.07. The third kappa shape index (κ3) is 9.87. The van der Waals surface area contributed by atoms with Crippen LogP contribution in [0.5, 0.6) is 0 Å². The molecule has 50 heavy (non-hydrogen) atoms. The molecule has 0 amide bonds. The molecule has 0 aromatic rings. The van der Waals surface area contributed by atoms with Crippen LogP contribution in [0.1, 0.15) is 99.3 Å². The highest BCUT2D eigenvalue weighted by Crippen LogP contribution is 2.39. The van der Waals surface area contributed by atoms with Crippen molar-refractivity contribution in [3.8, 4) is 0 Å². The van der Waals surface area contributed by atoms with Gasteiger partial charge >= 0.3 is 5.97 Å². The van der Waals surface area contributed by atoms with Gasteiger partial charge in [-0.05, 0) is 118 Å². The van der Waals surface area contributed by atoms with Gasteiger partial charge in [0.15, 0.2) is 12.1 Å². The van der Waals surface area contributed by atoms with Crippen LogP contribution in [-0.4, -0.2) is 146 Å². The molecule has 11 heteroatoms. The number of rotatable bonds is 8. The molecule has 10 atom stereocenters. The highest BCUT2D eigenvalue weighted by molar-refractivity contribution is 6.04. The predicted molar refractivity (Wildman–Crippen MR) is 194 cm³/mol. The van der Waals surface area contributed by atoms with Crippen molar-refractivity contribution < 1.29 is 38.7 Å². The number of hydrogen-bond donors (Lipinski definition) is 2. The summed E-state index contributed by atoms with van der Waals surface area (Å²) in [4.78, 5) is 34.8. The summed E-state index contributed by atoms with van der Waals surface area (Å²) in [6.45, 7) is 14.7. The minimum Gasteiger partial charge on any atom is -0.463 e. The number of hydrogen-bond acceptors (Lipinski definition) is 11. The van der Waals surface area contributed by atoms with E-state index in [0.717, 1.165) is 38.4 Å². The lowest BCUT2D eigenvalue weighted by Crippen LogP contribution is -2.59. The Hall–Kier alpha value is -1.18. The van der Waals surface area contributed by atoms with Crippen molar-refractivity contribution in [2.75, 3.05) is 61.0 Å². The van der Waals surface area contributed by atoms with Crippen LogP contribution in [0.15, 0.2) is 0 Å². The standard InChI is InChI=1S/C39H71N3O8/c1-25-21-39(6,47-10)35(50-36-33(44)30(40(7)8)20-26(2)49-36)27(3)34(45)38(4,5)37(46)48-24-31(41(9)22-25)32(43)29-16-18-42(19-17-29)23-28-14-12-11-13-15-28/h25-33,35-36,43-44H,11-24H2,1-10H3/t25-,26-,27+,30+,31-,32-,33-,35-,36+,39-/m1/s1. The Morgan fingerprint density at radius 1 is 1.02 bits per heavy atom. The molecule has 2 N–H and O–H groups in total. The van der Waals surface area contributed by atoms with E-state index in [1.54, 1.807) is 27.9 Å². The first-order chi connectivity index (χ1) is 23.5. The Bertz CT molecular complexity index is 1090. The summed E-state index contributed by atoms with van der Waals surface area (Å²) in [6.07, 6.45) is 6.09. The number of aliphatic hydroxyl groups is 2. The van der Waals surface area contributed by atoms with Crippen LogP contribution in [0.2, 0.25) is 0 Å². The molecule has 0 radical (unpaired) electrons. The Morgan fingerprint density at radius 2 is 1.66 bits per heavy atom. The van der Waals surface area contributed by atoms with Gasteiger partial charge in [0.1, 0.15) is 18.1 Å². The predicted octanol–water partition coefficient (Wildman–Crippen LogP) is 3.97. The van der Waals surface area contributed by atoms with Crippen molar-refractivity contribution in [2.45, 2.75) is 148 Å². The number of methoxy groups -OCH3 is 1. The number of carbonyl (C=O) groups is 2. The summed E-state index contributed by atoms with van der Waals surface area (Å²) >= 11 is 0. The molecule has 3 heterocycles. The molecule has 11 nitrogen and oxygen atoms in total. The van der Waals surface area contributed by atoms with E-state index in [2.05, 4.69) is 16.7 Å². The minimum atomic E-state index is -1.49. The van der Waals surface area contributed by atoms with Gasteiger partial charge in [0, 0.05) is 32.2 Å². The van der Waals surface area contributed by atoms with Crippen LogP contribution in [0.4, 0.5) is 0 Å². The molecule has 290 valence electrons. The van der Waals surface area contributed by atoms with Gasteiger partial charge in [-0.1, -0.05) is 33.1 Å². The Labute approximate surface area is 302 Å². The van der Waals surface area contributed by atoms with E-state index in [1.165, 1.54) is 32.1 Å². The zero-order chi connectivity index (χ0) is 37.0. The van der Waals surface area contributed by atoms with Crippen LogP contribution in [0.3, 0.4) is 0 Å². The molecule has 0 spiro atoms. The lowest BCUT2D eigenvalue weighted by Gasteiger charge is -2.47. The fraction of sp³-hybridized carbons (Fsp3) is 0.949. The monoisotopic (exact) mass is 710 g/mol. The molecule has 0 bridgehead atoms. The maximum Gasteiger partial charge on any atom is 0.319 e. The summed E-state index contributed by atoms with van der Waals surface area (Å²) in [5.74, 6) is -0.798. The zero-order valence-corrected chi connectivity index (χ0v) is 32.9. The van der Waals surface area contributed by atoms with Crippen molar-refractivity contribution >= 4 is 11.8 Å². The van der Waals surface area contributed by atoms with Gasteiger partial charge in [-0.3, -0.25) is 14.5 Å². The number of piperidine rings is 1. The second kappa shape index (κ2) is 17.8. The number of nitrogens with zero attached hydrogens (tertiary/aromatic N) is 3. The van der Waals surface area contributed by atoms with E-state index in [1.807, 2.05) is 39.9 Å². The summed E-state index contributed by atoms with van der Waals surface area (Å²) in [7, 11) is 7.45. The summed E-state index contributed by atoms with van der Waals surface area (Å²) in [5.41, 5.74) is -2.46. The number of cyclic esters (lactones) is 1. The van der Waals surface area contributed by atoms with Crippen LogP contribution >= 0.6 is 0 Å². The van der Waals surface area contributed by atoms with Gasteiger partial charge < -0.3 is 39.0 Å². The molecule has 4 aliphatic rings. The zero-order valence-electron chi connectivity index (χ0n) is 32.9. The topological polar surface area (TPSA) is 121 Å². The number of Topliss-reactive ketones (excluding diaryl/α,β-unsaturated/α-hetero) is 1. The maximum atomic E-state index is 14.3. The van der Waals surface area contributed by atoms with Gasteiger partial charge in [0.25, 0.3) is 0 Å². The van der Waals surface area contributed by atoms with Gasteiger partial charge in [0.05, 0.1) is 30.0 Å². The molecule has 1 saturated carbocycles. The quantitative estimate of drug-likeness (QED) is 0.282. The van der Waals surface area contributed by atoms with Crippen LogP contribution in [0, 0.1) is 29.1 Å². The summed E-state index contributed by atoms with van der Waals surface area (Å²) < 4.78 is 25.0. The average molecular weight is 710 g/mol. The van der Waals surface area contributed by atoms with Gasteiger partial charge in [0.2, 0.25) is 0 Å². The Morgan fingerprint density at radius 3 is 2.26 bits per heavy atom. The summed E-state index contributed by atoms with van der Waals surface area (Å²) in [6, 6.07) is -0.610. The third-order valence-corrected chi connectivity index (χ3v) is 12.7. The molecule has 0 aromatic carbocycles. The number of likely N-dealkylation sites (tertiary alicyclic amines) is 1. The molecule has 4 fully saturated rings. The molecule has 0 aromatic heterocycles. The lowest BCUT2D eigenvalue weighted by molar-refractivity contribution is -0.295. The van der Waals surface area contributed by atoms with Crippen LogP contribution in [-0.2, 0) is 28.5 Å². The maximum absolute atomic E-state index is 14.3.